The lowest BCUT2D eigenvalue weighted by Gasteiger charge is -2.57. The number of halogens is 4. The molecule has 2 saturated carbocycles. The largest absolute Gasteiger partial charge is 0.411 e. The number of nitrogens with one attached hydrogen (secondary N) is 2. The van der Waals surface area contributed by atoms with Gasteiger partial charge in [0.2, 0.25) is 0 Å². The van der Waals surface area contributed by atoms with Gasteiger partial charge in [-0.1, -0.05) is 37.1 Å². The first-order valence-electron chi connectivity index (χ1n) is 10.7. The minimum atomic E-state index is -4.30. The Hall–Kier alpha value is -1.07. The summed E-state index contributed by atoms with van der Waals surface area (Å²) in [4.78, 5) is 4.40. The number of hydrogen-bond donors (Lipinski definition) is 2. The van der Waals surface area contributed by atoms with Crippen LogP contribution in [-0.2, 0) is 22.6 Å². The van der Waals surface area contributed by atoms with Gasteiger partial charge in [-0.15, -0.1) is 24.0 Å². The second-order valence-corrected chi connectivity index (χ2v) is 8.66. The summed E-state index contributed by atoms with van der Waals surface area (Å²) >= 11 is 0. The van der Waals surface area contributed by atoms with E-state index in [-0.39, 0.29) is 36.0 Å². The normalized spacial score (nSPS) is 26.8. The molecule has 1 heterocycles. The van der Waals surface area contributed by atoms with Crippen molar-refractivity contribution < 1.29 is 22.6 Å². The third kappa shape index (κ3) is 5.47. The van der Waals surface area contributed by atoms with Crippen LogP contribution >= 0.6 is 24.0 Å². The fourth-order valence-electron chi connectivity index (χ4n) is 5.47. The maximum Gasteiger partial charge on any atom is 0.411 e. The predicted molar refractivity (Wildman–Crippen MR) is 123 cm³/mol. The van der Waals surface area contributed by atoms with Gasteiger partial charge in [0.1, 0.15) is 6.61 Å². The molecule has 31 heavy (non-hydrogen) atoms. The number of aliphatic imine (C=N–C) groups is 1. The van der Waals surface area contributed by atoms with E-state index in [4.69, 9.17) is 9.47 Å². The minimum Gasteiger partial charge on any atom is -0.377 e. The number of hydrogen-bond acceptors (Lipinski definition) is 3. The summed E-state index contributed by atoms with van der Waals surface area (Å²) in [5, 5.41) is 7.04. The van der Waals surface area contributed by atoms with Crippen LogP contribution in [0, 0.1) is 11.3 Å². The summed E-state index contributed by atoms with van der Waals surface area (Å²) in [5.74, 6) is 1.35. The minimum absolute atomic E-state index is 0. The Bertz CT molecular complexity index is 751. The van der Waals surface area contributed by atoms with Crippen LogP contribution in [0.2, 0.25) is 0 Å². The highest BCUT2D eigenvalue weighted by atomic mass is 127. The summed E-state index contributed by atoms with van der Waals surface area (Å²) in [6.07, 6.45) is 2.21. The zero-order chi connectivity index (χ0) is 21.2. The Morgan fingerprint density at radius 2 is 1.87 bits per heavy atom. The van der Waals surface area contributed by atoms with Crippen molar-refractivity contribution >= 4 is 29.9 Å². The van der Waals surface area contributed by atoms with Crippen molar-refractivity contribution in [3.63, 3.8) is 0 Å². The standard InChI is InChI=1S/C22H30F3N3O2.HI/c1-26-20(28-18-17-8-11-30-19(17)21(18)9-2-3-10-21)27-12-15-4-6-16(7-5-15)13-29-14-22(23,24)25;/h4-7,17-19H,2-3,8-14H2,1H3,(H2,26,27,28);1H. The van der Waals surface area contributed by atoms with E-state index in [2.05, 4.69) is 15.6 Å². The van der Waals surface area contributed by atoms with Crippen molar-refractivity contribution in [3.05, 3.63) is 35.4 Å². The molecule has 1 aliphatic heterocycles. The molecule has 3 fully saturated rings. The van der Waals surface area contributed by atoms with E-state index in [9.17, 15) is 13.2 Å². The van der Waals surface area contributed by atoms with Crippen LogP contribution in [0.1, 0.15) is 43.2 Å². The quantitative estimate of drug-likeness (QED) is 0.312. The lowest BCUT2D eigenvalue weighted by Crippen LogP contribution is -2.69. The van der Waals surface area contributed by atoms with Gasteiger partial charge in [-0.25, -0.2) is 0 Å². The van der Waals surface area contributed by atoms with E-state index >= 15 is 0 Å². The molecular formula is C22H31F3IN3O2. The Morgan fingerprint density at radius 3 is 2.52 bits per heavy atom. The van der Waals surface area contributed by atoms with E-state index in [0.29, 0.717) is 24.6 Å². The molecule has 0 radical (unpaired) electrons. The van der Waals surface area contributed by atoms with Crippen LogP contribution in [0.25, 0.3) is 0 Å². The second-order valence-electron chi connectivity index (χ2n) is 8.66. The van der Waals surface area contributed by atoms with Crippen molar-refractivity contribution in [2.45, 2.75) is 63.6 Å². The van der Waals surface area contributed by atoms with E-state index < -0.39 is 12.8 Å². The monoisotopic (exact) mass is 553 g/mol. The SMILES string of the molecule is CN=C(NCc1ccc(COCC(F)(F)F)cc1)NC1C2CCOC2C12CCCC2.I. The highest BCUT2D eigenvalue weighted by Gasteiger charge is 2.65. The van der Waals surface area contributed by atoms with Gasteiger partial charge >= 0.3 is 6.18 Å². The average molecular weight is 553 g/mol. The summed E-state index contributed by atoms with van der Waals surface area (Å²) < 4.78 is 47.2. The molecular weight excluding hydrogens is 522 g/mol. The van der Waals surface area contributed by atoms with E-state index in [1.54, 1.807) is 19.2 Å². The van der Waals surface area contributed by atoms with Crippen LogP contribution in [0.5, 0.6) is 0 Å². The molecule has 174 valence electrons. The number of alkyl halides is 3. The topological polar surface area (TPSA) is 54.9 Å². The van der Waals surface area contributed by atoms with E-state index in [1.165, 1.54) is 25.7 Å². The number of ether oxygens (including phenoxy) is 2. The smallest absolute Gasteiger partial charge is 0.377 e. The summed E-state index contributed by atoms with van der Waals surface area (Å²) in [5.41, 5.74) is 2.01. The molecule has 0 bridgehead atoms. The van der Waals surface area contributed by atoms with E-state index in [0.717, 1.165) is 30.1 Å². The third-order valence-electron chi connectivity index (χ3n) is 6.82. The van der Waals surface area contributed by atoms with Crippen molar-refractivity contribution in [2.75, 3.05) is 20.3 Å². The molecule has 1 aromatic rings. The van der Waals surface area contributed by atoms with Crippen molar-refractivity contribution in [3.8, 4) is 0 Å². The van der Waals surface area contributed by atoms with Gasteiger partial charge in [0.25, 0.3) is 0 Å². The van der Waals surface area contributed by atoms with Crippen LogP contribution in [0.15, 0.2) is 29.3 Å². The van der Waals surface area contributed by atoms with E-state index in [1.807, 2.05) is 12.1 Å². The first-order chi connectivity index (χ1) is 14.4. The fourth-order valence-corrected chi connectivity index (χ4v) is 5.47. The molecule has 1 aromatic carbocycles. The fraction of sp³-hybridized carbons (Fsp3) is 0.682. The van der Waals surface area contributed by atoms with Gasteiger partial charge in [0.05, 0.1) is 12.7 Å². The molecule has 5 nitrogen and oxygen atoms in total. The summed E-state index contributed by atoms with van der Waals surface area (Å²) in [7, 11) is 1.78. The Labute approximate surface area is 198 Å². The van der Waals surface area contributed by atoms with Gasteiger partial charge in [0, 0.05) is 37.6 Å². The van der Waals surface area contributed by atoms with Crippen LogP contribution in [-0.4, -0.2) is 44.5 Å². The highest BCUT2D eigenvalue weighted by Crippen LogP contribution is 2.60. The number of nitrogens with zero attached hydrogens (tertiary/aromatic N) is 1. The Kier molecular flexibility index (Phi) is 8.12. The number of benzene rings is 1. The molecule has 0 amide bonds. The second kappa shape index (κ2) is 10.2. The number of fused-ring (bicyclic) bond motifs is 2. The lowest BCUT2D eigenvalue weighted by atomic mass is 9.54. The number of guanidine groups is 1. The zero-order valence-electron chi connectivity index (χ0n) is 17.7. The summed E-state index contributed by atoms with van der Waals surface area (Å²) in [6, 6.07) is 7.80. The van der Waals surface area contributed by atoms with Crippen molar-refractivity contribution in [1.82, 2.24) is 10.6 Å². The molecule has 1 saturated heterocycles. The predicted octanol–water partition coefficient (Wildman–Crippen LogP) is 4.40. The van der Waals surface area contributed by atoms with Gasteiger partial charge in [-0.3, -0.25) is 4.99 Å². The van der Waals surface area contributed by atoms with Gasteiger partial charge in [-0.05, 0) is 30.4 Å². The molecule has 3 aliphatic rings. The molecule has 3 atom stereocenters. The van der Waals surface area contributed by atoms with Gasteiger partial charge < -0.3 is 20.1 Å². The molecule has 3 unspecified atom stereocenters. The number of rotatable bonds is 6. The molecule has 9 heteroatoms. The molecule has 0 aromatic heterocycles. The van der Waals surface area contributed by atoms with Crippen molar-refractivity contribution in [2.24, 2.45) is 16.3 Å². The van der Waals surface area contributed by atoms with Crippen LogP contribution in [0.3, 0.4) is 0 Å². The first-order valence-corrected chi connectivity index (χ1v) is 10.7. The maximum absolute atomic E-state index is 12.2. The molecule has 2 N–H and O–H groups in total. The van der Waals surface area contributed by atoms with Crippen LogP contribution in [0.4, 0.5) is 13.2 Å². The lowest BCUT2D eigenvalue weighted by molar-refractivity contribution is -0.176. The Balaban J connectivity index is 0.00000272. The third-order valence-corrected chi connectivity index (χ3v) is 6.82. The Morgan fingerprint density at radius 1 is 1.19 bits per heavy atom. The zero-order valence-corrected chi connectivity index (χ0v) is 20.0. The molecule has 2 aliphatic carbocycles. The molecule has 4 rings (SSSR count). The summed E-state index contributed by atoms with van der Waals surface area (Å²) in [6.45, 7) is 0.173. The van der Waals surface area contributed by atoms with Crippen LogP contribution < -0.4 is 10.6 Å². The van der Waals surface area contributed by atoms with Crippen molar-refractivity contribution in [1.29, 1.82) is 0 Å². The average Bonchev–Trinajstić information content (AvgIpc) is 3.37. The maximum atomic E-state index is 12.2. The molecule has 1 spiro atoms. The van der Waals surface area contributed by atoms with Gasteiger partial charge in [-0.2, -0.15) is 13.2 Å². The first kappa shape index (κ1) is 24.6. The van der Waals surface area contributed by atoms with Gasteiger partial charge in [0.15, 0.2) is 5.96 Å². The highest BCUT2D eigenvalue weighted by molar-refractivity contribution is 14.0.